The molecule has 0 aliphatic carbocycles. The number of hydrogen-bond acceptors (Lipinski definition) is 5. The molecule has 1 aromatic carbocycles. The lowest BCUT2D eigenvalue weighted by molar-refractivity contribution is 0.184. The lowest BCUT2D eigenvalue weighted by atomic mass is 10.2. The van der Waals surface area contributed by atoms with Gasteiger partial charge in [0, 0.05) is 5.56 Å². The van der Waals surface area contributed by atoms with Gasteiger partial charge in [0.15, 0.2) is 0 Å². The van der Waals surface area contributed by atoms with Gasteiger partial charge in [-0.3, -0.25) is 0 Å². The topological polar surface area (TPSA) is 90.2 Å². The molecule has 0 amide bonds. The van der Waals surface area contributed by atoms with Crippen molar-refractivity contribution in [2.45, 2.75) is 5.85 Å². The van der Waals surface area contributed by atoms with Crippen molar-refractivity contribution in [3.05, 3.63) is 29.8 Å². The second-order valence-corrected chi connectivity index (χ2v) is 10.5. The molecule has 90 valence electrons. The standard InChI is InChI=1S/C7H13O5P4/c8-7(16(9,10)11)5-1-3-6(4-2-5)12-15(13)14/h1-4,7-11H,13-14H2/q+1. The van der Waals surface area contributed by atoms with E-state index in [0.29, 0.717) is 5.75 Å². The first-order chi connectivity index (χ1) is 7.30. The SMILES string of the molecule is OC(c1ccc(OP(P)P)cc1)[P+](O)(O)O. The maximum atomic E-state index is 9.38. The highest BCUT2D eigenvalue weighted by Gasteiger charge is 2.42. The van der Waals surface area contributed by atoms with Crippen molar-refractivity contribution < 1.29 is 24.3 Å². The van der Waals surface area contributed by atoms with Gasteiger partial charge in [-0.25, -0.2) is 0 Å². The van der Waals surface area contributed by atoms with E-state index in [-0.39, 0.29) is 5.56 Å². The molecule has 0 aliphatic rings. The molecule has 0 aliphatic heterocycles. The summed E-state index contributed by atoms with van der Waals surface area (Å²) in [6.07, 6.45) is 0. The molecule has 0 bridgehead atoms. The number of rotatable bonds is 4. The van der Waals surface area contributed by atoms with Crippen LogP contribution in [0.4, 0.5) is 0 Å². The Labute approximate surface area is 99.5 Å². The average molecular weight is 301 g/mol. The van der Waals surface area contributed by atoms with Crippen molar-refractivity contribution in [2.75, 3.05) is 0 Å². The highest BCUT2D eigenvalue weighted by Crippen LogP contribution is 2.58. The molecule has 3 atom stereocenters. The predicted octanol–water partition coefficient (Wildman–Crippen LogP) is 1.77. The van der Waals surface area contributed by atoms with Crippen molar-refractivity contribution in [1.82, 2.24) is 0 Å². The minimum atomic E-state index is -4.26. The molecule has 0 heterocycles. The summed E-state index contributed by atoms with van der Waals surface area (Å²) in [6.45, 7) is 0. The second kappa shape index (κ2) is 5.96. The van der Waals surface area contributed by atoms with Gasteiger partial charge < -0.3 is 9.63 Å². The Morgan fingerprint density at radius 3 is 2.00 bits per heavy atom. The first-order valence-corrected chi connectivity index (χ1v) is 10.3. The fourth-order valence-corrected chi connectivity index (χ4v) is 2.69. The molecule has 16 heavy (non-hydrogen) atoms. The summed E-state index contributed by atoms with van der Waals surface area (Å²) in [5, 5.41) is 9.38. The van der Waals surface area contributed by atoms with E-state index in [9.17, 15) is 5.11 Å². The van der Waals surface area contributed by atoms with Crippen molar-refractivity contribution in [3.63, 3.8) is 0 Å². The molecule has 9 heteroatoms. The molecular formula is C7H13O5P4+. The quantitative estimate of drug-likeness (QED) is 0.636. The molecule has 0 aromatic heterocycles. The summed E-state index contributed by atoms with van der Waals surface area (Å²) in [4.78, 5) is 26.7. The van der Waals surface area contributed by atoms with Crippen LogP contribution in [0.2, 0.25) is 0 Å². The van der Waals surface area contributed by atoms with Gasteiger partial charge in [-0.2, -0.15) is 14.7 Å². The Bertz CT molecular complexity index is 336. The maximum absolute atomic E-state index is 9.38. The molecule has 0 spiro atoms. The molecule has 0 fully saturated rings. The fraction of sp³-hybridized carbons (Fsp3) is 0.143. The molecule has 0 saturated carbocycles. The maximum Gasteiger partial charge on any atom is 0.439 e. The zero-order valence-electron chi connectivity index (χ0n) is 8.13. The van der Waals surface area contributed by atoms with Crippen LogP contribution in [0.5, 0.6) is 5.75 Å². The molecule has 3 unspecified atom stereocenters. The van der Waals surface area contributed by atoms with E-state index in [2.05, 4.69) is 17.9 Å². The number of hydrogen-bond donors (Lipinski definition) is 4. The van der Waals surface area contributed by atoms with Gasteiger partial charge in [0.2, 0.25) is 0 Å². The highest BCUT2D eigenvalue weighted by atomic mass is 32.4. The zero-order valence-corrected chi connectivity index (χ0v) is 12.2. The van der Waals surface area contributed by atoms with E-state index in [1.165, 1.54) is 12.1 Å². The van der Waals surface area contributed by atoms with Gasteiger partial charge >= 0.3 is 7.94 Å². The van der Waals surface area contributed by atoms with E-state index in [1.807, 2.05) is 0 Å². The molecule has 0 saturated heterocycles. The summed E-state index contributed by atoms with van der Waals surface area (Å²) in [5.74, 6) is -1.07. The van der Waals surface area contributed by atoms with Crippen LogP contribution in [-0.2, 0) is 0 Å². The minimum Gasteiger partial charge on any atom is -0.466 e. The number of aliphatic hydroxyl groups excluding tert-OH is 1. The van der Waals surface area contributed by atoms with E-state index in [4.69, 9.17) is 19.2 Å². The van der Waals surface area contributed by atoms with Gasteiger partial charge in [-0.15, -0.1) is 0 Å². The third-order valence-corrected chi connectivity index (χ3v) is 3.73. The lowest BCUT2D eigenvalue weighted by Crippen LogP contribution is -2.03. The first kappa shape index (κ1) is 14.6. The van der Waals surface area contributed by atoms with Crippen LogP contribution < -0.4 is 4.52 Å². The Morgan fingerprint density at radius 2 is 1.62 bits per heavy atom. The Morgan fingerprint density at radius 1 is 1.12 bits per heavy atom. The van der Waals surface area contributed by atoms with Crippen molar-refractivity contribution in [1.29, 1.82) is 0 Å². The van der Waals surface area contributed by atoms with Gasteiger partial charge in [-0.05, 0) is 24.3 Å². The lowest BCUT2D eigenvalue weighted by Gasteiger charge is -2.13. The fourth-order valence-electron chi connectivity index (χ4n) is 1.02. The average Bonchev–Trinajstić information content (AvgIpc) is 2.15. The van der Waals surface area contributed by atoms with Crippen LogP contribution in [-0.4, -0.2) is 19.8 Å². The molecule has 1 aromatic rings. The van der Waals surface area contributed by atoms with Gasteiger partial charge in [0.25, 0.3) is 5.85 Å². The summed E-state index contributed by atoms with van der Waals surface area (Å²) in [7, 11) is 0.0410. The Kier molecular flexibility index (Phi) is 5.45. The minimum absolute atomic E-state index is 0.227. The highest BCUT2D eigenvalue weighted by molar-refractivity contribution is 8.41. The van der Waals surface area contributed by atoms with Crippen LogP contribution >= 0.6 is 33.3 Å². The summed E-state index contributed by atoms with van der Waals surface area (Å²) in [5.41, 5.74) is 0.227. The van der Waals surface area contributed by atoms with Crippen molar-refractivity contribution in [3.8, 4) is 5.75 Å². The van der Waals surface area contributed by atoms with E-state index >= 15 is 0 Å². The van der Waals surface area contributed by atoms with Crippen molar-refractivity contribution >= 4 is 33.3 Å². The summed E-state index contributed by atoms with van der Waals surface area (Å²) in [6, 6.07) is 6.09. The van der Waals surface area contributed by atoms with Gasteiger partial charge in [-0.1, -0.05) is 17.9 Å². The Hall–Kier alpha value is 0.580. The van der Waals surface area contributed by atoms with Gasteiger partial charge in [0.1, 0.15) is 13.3 Å². The smallest absolute Gasteiger partial charge is 0.439 e. The third kappa shape index (κ3) is 4.45. The predicted molar refractivity (Wildman–Crippen MR) is 71.9 cm³/mol. The third-order valence-electron chi connectivity index (χ3n) is 1.72. The largest absolute Gasteiger partial charge is 0.466 e. The Balaban J connectivity index is 2.79. The summed E-state index contributed by atoms with van der Waals surface area (Å²) >= 11 is 0. The molecule has 4 N–H and O–H groups in total. The normalized spacial score (nSPS) is 13.9. The number of benzene rings is 1. The van der Waals surface area contributed by atoms with Crippen LogP contribution in [0.3, 0.4) is 0 Å². The monoisotopic (exact) mass is 301 g/mol. The summed E-state index contributed by atoms with van der Waals surface area (Å²) < 4.78 is 5.37. The van der Waals surface area contributed by atoms with Crippen LogP contribution in [0.25, 0.3) is 0 Å². The van der Waals surface area contributed by atoms with Crippen LogP contribution in [0.15, 0.2) is 24.3 Å². The second-order valence-electron chi connectivity index (χ2n) is 3.01. The van der Waals surface area contributed by atoms with Gasteiger partial charge in [0.05, 0.1) is 0 Å². The van der Waals surface area contributed by atoms with Crippen LogP contribution in [0, 0.1) is 0 Å². The molecule has 1 rings (SSSR count). The molecule has 5 nitrogen and oxygen atoms in total. The molecular weight excluding hydrogens is 288 g/mol. The number of aliphatic hydroxyl groups is 1. The first-order valence-electron chi connectivity index (χ1n) is 4.13. The van der Waals surface area contributed by atoms with E-state index in [1.54, 1.807) is 12.1 Å². The van der Waals surface area contributed by atoms with Crippen molar-refractivity contribution in [2.24, 2.45) is 0 Å². The molecule has 0 radical (unpaired) electrons. The zero-order chi connectivity index (χ0) is 12.3. The van der Waals surface area contributed by atoms with E-state index < -0.39 is 21.3 Å². The van der Waals surface area contributed by atoms with Crippen LogP contribution in [0.1, 0.15) is 11.4 Å². The van der Waals surface area contributed by atoms with E-state index in [0.717, 1.165) is 0 Å².